The van der Waals surface area contributed by atoms with Crippen molar-refractivity contribution < 1.29 is 9.13 Å². The number of hydrogen-bond donors (Lipinski definition) is 1. The molecular formula is C16H26FNO. The lowest BCUT2D eigenvalue weighted by molar-refractivity contribution is 0.250. The van der Waals surface area contributed by atoms with Gasteiger partial charge in [0.05, 0.1) is 6.61 Å². The van der Waals surface area contributed by atoms with E-state index in [-0.39, 0.29) is 5.82 Å². The fourth-order valence-corrected chi connectivity index (χ4v) is 2.03. The molecule has 0 bridgehead atoms. The molecule has 0 aliphatic carbocycles. The van der Waals surface area contributed by atoms with Crippen molar-refractivity contribution in [3.05, 3.63) is 29.6 Å². The van der Waals surface area contributed by atoms with E-state index >= 15 is 0 Å². The van der Waals surface area contributed by atoms with Crippen LogP contribution in [0.25, 0.3) is 0 Å². The van der Waals surface area contributed by atoms with Crippen LogP contribution < -0.4 is 10.1 Å². The highest BCUT2D eigenvalue weighted by Crippen LogP contribution is 2.18. The van der Waals surface area contributed by atoms with Gasteiger partial charge in [0.25, 0.3) is 0 Å². The summed E-state index contributed by atoms with van der Waals surface area (Å²) in [6.45, 7) is 8.72. The zero-order chi connectivity index (χ0) is 14.1. The number of nitrogens with one attached hydrogen (secondary N) is 1. The van der Waals surface area contributed by atoms with Crippen LogP contribution in [0.5, 0.6) is 5.75 Å². The molecule has 0 saturated heterocycles. The Labute approximate surface area is 116 Å². The smallest absolute Gasteiger partial charge is 0.127 e. The predicted molar refractivity (Wildman–Crippen MR) is 78.0 cm³/mol. The first kappa shape index (κ1) is 16.0. The van der Waals surface area contributed by atoms with E-state index in [1.165, 1.54) is 6.07 Å². The first-order valence-corrected chi connectivity index (χ1v) is 7.28. The second kappa shape index (κ2) is 8.92. The molecule has 108 valence electrons. The van der Waals surface area contributed by atoms with Crippen molar-refractivity contribution in [2.24, 2.45) is 5.92 Å². The summed E-state index contributed by atoms with van der Waals surface area (Å²) in [5.74, 6) is 0.917. The summed E-state index contributed by atoms with van der Waals surface area (Å²) < 4.78 is 19.2. The van der Waals surface area contributed by atoms with Crippen molar-refractivity contribution >= 4 is 0 Å². The molecule has 0 aliphatic heterocycles. The highest BCUT2D eigenvalue weighted by Gasteiger charge is 2.05. The van der Waals surface area contributed by atoms with Crippen molar-refractivity contribution in [1.29, 1.82) is 0 Å². The Kier molecular flexibility index (Phi) is 7.49. The molecule has 1 rings (SSSR count). The van der Waals surface area contributed by atoms with Crippen molar-refractivity contribution in [2.45, 2.75) is 46.6 Å². The maximum absolute atomic E-state index is 13.5. The third-order valence-electron chi connectivity index (χ3n) is 3.00. The molecule has 0 aromatic heterocycles. The zero-order valence-corrected chi connectivity index (χ0v) is 12.3. The van der Waals surface area contributed by atoms with Gasteiger partial charge in [-0.3, -0.25) is 0 Å². The fraction of sp³-hybridized carbons (Fsp3) is 0.625. The molecule has 1 aromatic carbocycles. The van der Waals surface area contributed by atoms with Gasteiger partial charge in [-0.15, -0.1) is 0 Å². The number of ether oxygens (including phenoxy) is 1. The standard InChI is InChI=1S/C16H26FNO/c1-4-6-13(3)12-19-16-9-14(8-15(17)10-16)11-18-7-5-2/h8-10,13,18H,4-7,11-12H2,1-3H3. The average molecular weight is 267 g/mol. The first-order chi connectivity index (χ1) is 9.15. The lowest BCUT2D eigenvalue weighted by Gasteiger charge is -2.13. The van der Waals surface area contributed by atoms with Gasteiger partial charge in [-0.05, 0) is 43.0 Å². The third kappa shape index (κ3) is 6.58. The topological polar surface area (TPSA) is 21.3 Å². The Hall–Kier alpha value is -1.09. The Bertz CT molecular complexity index is 368. The summed E-state index contributed by atoms with van der Waals surface area (Å²) in [4.78, 5) is 0. The van der Waals surface area contributed by atoms with E-state index < -0.39 is 0 Å². The van der Waals surface area contributed by atoms with Crippen molar-refractivity contribution in [3.63, 3.8) is 0 Å². The van der Waals surface area contributed by atoms with Gasteiger partial charge in [0.15, 0.2) is 0 Å². The lowest BCUT2D eigenvalue weighted by Crippen LogP contribution is -2.14. The Morgan fingerprint density at radius 2 is 2.00 bits per heavy atom. The molecule has 0 aliphatic rings. The third-order valence-corrected chi connectivity index (χ3v) is 3.00. The normalized spacial score (nSPS) is 12.4. The summed E-state index contributed by atoms with van der Waals surface area (Å²) in [5.41, 5.74) is 0.937. The molecule has 1 atom stereocenters. The molecule has 1 unspecified atom stereocenters. The molecule has 0 amide bonds. The number of rotatable bonds is 9. The molecule has 19 heavy (non-hydrogen) atoms. The van der Waals surface area contributed by atoms with Crippen LogP contribution >= 0.6 is 0 Å². The van der Waals surface area contributed by atoms with Crippen LogP contribution in [-0.2, 0) is 6.54 Å². The van der Waals surface area contributed by atoms with Crippen molar-refractivity contribution in [1.82, 2.24) is 5.32 Å². The van der Waals surface area contributed by atoms with Crippen molar-refractivity contribution in [3.8, 4) is 5.75 Å². The predicted octanol–water partition coefficient (Wildman–Crippen LogP) is 4.14. The molecular weight excluding hydrogens is 241 g/mol. The average Bonchev–Trinajstić information content (AvgIpc) is 2.37. The molecule has 0 spiro atoms. The second-order valence-corrected chi connectivity index (χ2v) is 5.18. The van der Waals surface area contributed by atoms with Gasteiger partial charge in [-0.1, -0.05) is 27.2 Å². The van der Waals surface area contributed by atoms with Crippen LogP contribution in [0, 0.1) is 11.7 Å². The molecule has 0 saturated carbocycles. The van der Waals surface area contributed by atoms with Crippen LogP contribution in [0.15, 0.2) is 18.2 Å². The van der Waals surface area contributed by atoms with Gasteiger partial charge < -0.3 is 10.1 Å². The van der Waals surface area contributed by atoms with Gasteiger partial charge in [-0.2, -0.15) is 0 Å². The molecule has 0 heterocycles. The number of benzene rings is 1. The largest absolute Gasteiger partial charge is 0.493 e. The summed E-state index contributed by atoms with van der Waals surface area (Å²) in [6, 6.07) is 4.94. The Morgan fingerprint density at radius 1 is 1.21 bits per heavy atom. The van der Waals surface area contributed by atoms with Crippen LogP contribution in [0.2, 0.25) is 0 Å². The van der Waals surface area contributed by atoms with E-state index in [0.717, 1.165) is 31.4 Å². The maximum Gasteiger partial charge on any atom is 0.127 e. The number of halogens is 1. The highest BCUT2D eigenvalue weighted by atomic mass is 19.1. The molecule has 1 N–H and O–H groups in total. The summed E-state index contributed by atoms with van der Waals surface area (Å²) in [5, 5.41) is 3.27. The van der Waals surface area contributed by atoms with Gasteiger partial charge >= 0.3 is 0 Å². The highest BCUT2D eigenvalue weighted by molar-refractivity contribution is 5.29. The SMILES string of the molecule is CCCNCc1cc(F)cc(OCC(C)CCC)c1. The molecule has 1 aromatic rings. The molecule has 2 nitrogen and oxygen atoms in total. The van der Waals surface area contributed by atoms with E-state index in [9.17, 15) is 4.39 Å². The zero-order valence-electron chi connectivity index (χ0n) is 12.3. The lowest BCUT2D eigenvalue weighted by atomic mass is 10.1. The molecule has 0 fully saturated rings. The van der Waals surface area contributed by atoms with E-state index in [1.807, 2.05) is 6.07 Å². The van der Waals surface area contributed by atoms with E-state index in [0.29, 0.717) is 24.8 Å². The quantitative estimate of drug-likeness (QED) is 0.679. The van der Waals surface area contributed by atoms with Gasteiger partial charge in [0.1, 0.15) is 11.6 Å². The summed E-state index contributed by atoms with van der Waals surface area (Å²) in [7, 11) is 0. The van der Waals surface area contributed by atoms with E-state index in [4.69, 9.17) is 4.74 Å². The van der Waals surface area contributed by atoms with Crippen molar-refractivity contribution in [2.75, 3.05) is 13.2 Å². The van der Waals surface area contributed by atoms with Crippen LogP contribution in [0.4, 0.5) is 4.39 Å². The van der Waals surface area contributed by atoms with E-state index in [2.05, 4.69) is 26.1 Å². The minimum absolute atomic E-state index is 0.228. The van der Waals surface area contributed by atoms with Crippen LogP contribution in [-0.4, -0.2) is 13.2 Å². The summed E-state index contributed by atoms with van der Waals surface area (Å²) in [6.07, 6.45) is 3.37. The monoisotopic (exact) mass is 267 g/mol. The van der Waals surface area contributed by atoms with E-state index in [1.54, 1.807) is 6.07 Å². The second-order valence-electron chi connectivity index (χ2n) is 5.18. The molecule has 3 heteroatoms. The van der Waals surface area contributed by atoms with Gasteiger partial charge in [0, 0.05) is 12.6 Å². The number of hydrogen-bond acceptors (Lipinski definition) is 2. The van der Waals surface area contributed by atoms with Gasteiger partial charge in [-0.25, -0.2) is 4.39 Å². The van der Waals surface area contributed by atoms with Gasteiger partial charge in [0.2, 0.25) is 0 Å². The van der Waals surface area contributed by atoms with Crippen LogP contribution in [0.1, 0.15) is 45.6 Å². The summed E-state index contributed by atoms with van der Waals surface area (Å²) >= 11 is 0. The maximum atomic E-state index is 13.5. The minimum Gasteiger partial charge on any atom is -0.493 e. The Balaban J connectivity index is 2.53. The fourth-order valence-electron chi connectivity index (χ4n) is 2.03. The minimum atomic E-state index is -0.228. The van der Waals surface area contributed by atoms with Crippen LogP contribution in [0.3, 0.4) is 0 Å². The Morgan fingerprint density at radius 3 is 2.68 bits per heavy atom. The first-order valence-electron chi connectivity index (χ1n) is 7.28. The molecule has 0 radical (unpaired) electrons.